The fourth-order valence-corrected chi connectivity index (χ4v) is 1.53. The molecule has 0 radical (unpaired) electrons. The Morgan fingerprint density at radius 1 is 1.11 bits per heavy atom. The van der Waals surface area contributed by atoms with Gasteiger partial charge in [0.25, 0.3) is 11.8 Å². The lowest BCUT2D eigenvalue weighted by Gasteiger charge is -2.13. The van der Waals surface area contributed by atoms with Gasteiger partial charge >= 0.3 is 0 Å². The Morgan fingerprint density at radius 3 is 2.26 bits per heavy atom. The first kappa shape index (κ1) is 14.9. The van der Waals surface area contributed by atoms with Crippen molar-refractivity contribution in [3.05, 3.63) is 12.2 Å². The zero-order valence-electron chi connectivity index (χ0n) is 10.8. The van der Waals surface area contributed by atoms with Crippen molar-refractivity contribution in [2.24, 2.45) is 0 Å². The lowest BCUT2D eigenvalue weighted by Crippen LogP contribution is -2.35. The molecule has 0 aliphatic carbocycles. The fourth-order valence-electron chi connectivity index (χ4n) is 1.53. The van der Waals surface area contributed by atoms with E-state index in [-0.39, 0.29) is 36.6 Å². The van der Waals surface area contributed by atoms with Crippen LogP contribution in [0.15, 0.2) is 12.2 Å². The van der Waals surface area contributed by atoms with Gasteiger partial charge in [0, 0.05) is 45.1 Å². The number of carbonyl (C=O) groups excluding carboxylic acids is 4. The monoisotopic (exact) mass is 267 g/mol. The summed E-state index contributed by atoms with van der Waals surface area (Å²) in [6, 6.07) is 0. The maximum atomic E-state index is 11.4. The van der Waals surface area contributed by atoms with Crippen LogP contribution in [0.4, 0.5) is 0 Å². The number of nitrogens with zero attached hydrogens (tertiary/aromatic N) is 1. The molecule has 0 bridgehead atoms. The van der Waals surface area contributed by atoms with Crippen molar-refractivity contribution in [2.45, 2.75) is 19.8 Å². The highest BCUT2D eigenvalue weighted by atomic mass is 16.2. The summed E-state index contributed by atoms with van der Waals surface area (Å²) < 4.78 is 0. The number of hydrogen-bond donors (Lipinski definition) is 2. The third-order valence-corrected chi connectivity index (χ3v) is 2.51. The highest BCUT2D eigenvalue weighted by molar-refractivity contribution is 6.13. The highest BCUT2D eigenvalue weighted by Crippen LogP contribution is 2.03. The molecule has 0 fully saturated rings. The van der Waals surface area contributed by atoms with E-state index in [0.717, 1.165) is 4.90 Å². The summed E-state index contributed by atoms with van der Waals surface area (Å²) in [6.45, 7) is 2.46. The van der Waals surface area contributed by atoms with Gasteiger partial charge in [-0.25, -0.2) is 0 Å². The molecule has 0 unspecified atom stereocenters. The van der Waals surface area contributed by atoms with Crippen molar-refractivity contribution >= 4 is 23.6 Å². The second-order valence-electron chi connectivity index (χ2n) is 4.10. The van der Waals surface area contributed by atoms with Crippen LogP contribution in [-0.4, -0.2) is 48.2 Å². The van der Waals surface area contributed by atoms with Gasteiger partial charge in [-0.1, -0.05) is 0 Å². The SMILES string of the molecule is CC(=O)NCCCNC(=O)CCN1C(=O)C=CC1=O. The molecule has 1 rings (SSSR count). The van der Waals surface area contributed by atoms with Gasteiger partial charge in [0.2, 0.25) is 11.8 Å². The van der Waals surface area contributed by atoms with Gasteiger partial charge in [-0.2, -0.15) is 0 Å². The normalized spacial score (nSPS) is 13.8. The van der Waals surface area contributed by atoms with E-state index in [1.165, 1.54) is 19.1 Å². The number of amides is 4. The van der Waals surface area contributed by atoms with Crippen LogP contribution in [0.2, 0.25) is 0 Å². The smallest absolute Gasteiger partial charge is 0.253 e. The first-order valence-electron chi connectivity index (χ1n) is 6.05. The van der Waals surface area contributed by atoms with E-state index < -0.39 is 0 Å². The molecule has 0 aromatic rings. The third kappa shape index (κ3) is 5.33. The number of nitrogens with one attached hydrogen (secondary N) is 2. The molecule has 1 aliphatic heterocycles. The van der Waals surface area contributed by atoms with E-state index in [1.54, 1.807) is 0 Å². The van der Waals surface area contributed by atoms with Crippen molar-refractivity contribution in [3.8, 4) is 0 Å². The van der Waals surface area contributed by atoms with E-state index in [9.17, 15) is 19.2 Å². The predicted molar refractivity (Wildman–Crippen MR) is 66.8 cm³/mol. The number of imide groups is 1. The van der Waals surface area contributed by atoms with Crippen LogP contribution in [0.5, 0.6) is 0 Å². The maximum Gasteiger partial charge on any atom is 0.253 e. The Hall–Kier alpha value is -2.18. The molecule has 2 N–H and O–H groups in total. The van der Waals surface area contributed by atoms with Crippen LogP contribution < -0.4 is 10.6 Å². The second-order valence-corrected chi connectivity index (χ2v) is 4.10. The van der Waals surface area contributed by atoms with E-state index in [2.05, 4.69) is 10.6 Å². The summed E-state index contributed by atoms with van der Waals surface area (Å²) >= 11 is 0. The zero-order chi connectivity index (χ0) is 14.3. The standard InChI is InChI=1S/C12H17N3O4/c1-9(16)13-6-2-7-14-10(17)5-8-15-11(18)3-4-12(15)19/h3-4H,2,5-8H2,1H3,(H,13,16)(H,14,17). The molecule has 0 aromatic carbocycles. The van der Waals surface area contributed by atoms with E-state index in [0.29, 0.717) is 19.5 Å². The Kier molecular flexibility index (Phi) is 5.72. The molecule has 7 nitrogen and oxygen atoms in total. The first-order chi connectivity index (χ1) is 9.00. The average Bonchev–Trinajstić information content (AvgIpc) is 2.66. The minimum atomic E-state index is -0.386. The molecule has 0 saturated heterocycles. The quantitative estimate of drug-likeness (QED) is 0.454. The van der Waals surface area contributed by atoms with E-state index >= 15 is 0 Å². The third-order valence-electron chi connectivity index (χ3n) is 2.51. The Labute approximate surface area is 111 Å². The topological polar surface area (TPSA) is 95.6 Å². The first-order valence-corrected chi connectivity index (χ1v) is 6.05. The van der Waals surface area contributed by atoms with Crippen molar-refractivity contribution in [3.63, 3.8) is 0 Å². The van der Waals surface area contributed by atoms with Gasteiger partial charge in [0.15, 0.2) is 0 Å². The Bertz CT molecular complexity index is 399. The predicted octanol–water partition coefficient (Wildman–Crippen LogP) is -1.06. The van der Waals surface area contributed by atoms with Gasteiger partial charge in [-0.15, -0.1) is 0 Å². The van der Waals surface area contributed by atoms with Gasteiger partial charge in [0.1, 0.15) is 0 Å². The molecular formula is C12H17N3O4. The minimum absolute atomic E-state index is 0.0826. The molecule has 7 heteroatoms. The molecule has 4 amide bonds. The lowest BCUT2D eigenvalue weighted by atomic mass is 10.3. The minimum Gasteiger partial charge on any atom is -0.356 e. The van der Waals surface area contributed by atoms with Crippen molar-refractivity contribution in [2.75, 3.05) is 19.6 Å². The summed E-state index contributed by atoms with van der Waals surface area (Å²) in [5, 5.41) is 5.26. The van der Waals surface area contributed by atoms with Crippen LogP contribution in [0.1, 0.15) is 19.8 Å². The summed E-state index contributed by atoms with van der Waals surface area (Å²) in [5.41, 5.74) is 0. The molecule has 104 valence electrons. The van der Waals surface area contributed by atoms with Gasteiger partial charge < -0.3 is 10.6 Å². The fraction of sp³-hybridized carbons (Fsp3) is 0.500. The molecule has 1 aliphatic rings. The summed E-state index contributed by atoms with van der Waals surface area (Å²) in [6.07, 6.45) is 3.09. The molecular weight excluding hydrogens is 250 g/mol. The van der Waals surface area contributed by atoms with E-state index in [4.69, 9.17) is 0 Å². The van der Waals surface area contributed by atoms with Crippen LogP contribution >= 0.6 is 0 Å². The second kappa shape index (κ2) is 7.30. The average molecular weight is 267 g/mol. The summed E-state index contributed by atoms with van der Waals surface area (Å²) in [5.74, 6) is -1.10. The van der Waals surface area contributed by atoms with Gasteiger partial charge in [0.05, 0.1) is 0 Å². The van der Waals surface area contributed by atoms with Crippen molar-refractivity contribution in [1.29, 1.82) is 0 Å². The van der Waals surface area contributed by atoms with Crippen molar-refractivity contribution in [1.82, 2.24) is 15.5 Å². The van der Waals surface area contributed by atoms with Crippen LogP contribution in [0, 0.1) is 0 Å². The Balaban J connectivity index is 2.10. The molecule has 0 aromatic heterocycles. The van der Waals surface area contributed by atoms with Crippen LogP contribution in [0.25, 0.3) is 0 Å². The van der Waals surface area contributed by atoms with Gasteiger partial charge in [-0.3, -0.25) is 24.1 Å². The van der Waals surface area contributed by atoms with Gasteiger partial charge in [-0.05, 0) is 6.42 Å². The Morgan fingerprint density at radius 2 is 1.68 bits per heavy atom. The lowest BCUT2D eigenvalue weighted by molar-refractivity contribution is -0.137. The van der Waals surface area contributed by atoms with Crippen LogP contribution in [-0.2, 0) is 19.2 Å². The zero-order valence-corrected chi connectivity index (χ0v) is 10.8. The largest absolute Gasteiger partial charge is 0.356 e. The number of hydrogen-bond acceptors (Lipinski definition) is 4. The van der Waals surface area contributed by atoms with Crippen LogP contribution in [0.3, 0.4) is 0 Å². The summed E-state index contributed by atoms with van der Waals surface area (Å²) in [4.78, 5) is 45.5. The molecule has 0 saturated carbocycles. The highest BCUT2D eigenvalue weighted by Gasteiger charge is 2.23. The molecule has 19 heavy (non-hydrogen) atoms. The molecule has 0 atom stereocenters. The van der Waals surface area contributed by atoms with E-state index in [1.807, 2.05) is 0 Å². The molecule has 0 spiro atoms. The number of rotatable bonds is 7. The summed E-state index contributed by atoms with van der Waals surface area (Å²) in [7, 11) is 0. The number of carbonyl (C=O) groups is 4. The van der Waals surface area contributed by atoms with Crippen molar-refractivity contribution < 1.29 is 19.2 Å². The maximum absolute atomic E-state index is 11.4. The molecule has 1 heterocycles.